The molecule has 0 aliphatic carbocycles. The lowest BCUT2D eigenvalue weighted by Crippen LogP contribution is -2.13. The first-order valence-corrected chi connectivity index (χ1v) is 9.59. The van der Waals surface area contributed by atoms with Crippen LogP contribution in [0.25, 0.3) is 22.6 Å². The predicted molar refractivity (Wildman–Crippen MR) is 115 cm³/mol. The van der Waals surface area contributed by atoms with Crippen LogP contribution in [0.1, 0.15) is 10.4 Å². The van der Waals surface area contributed by atoms with Crippen molar-refractivity contribution in [3.05, 3.63) is 75.2 Å². The summed E-state index contributed by atoms with van der Waals surface area (Å²) in [5, 5.41) is 4.12. The van der Waals surface area contributed by atoms with Gasteiger partial charge in [0.05, 0.1) is 17.7 Å². The second-order valence-corrected chi connectivity index (χ2v) is 7.41. The Balaban J connectivity index is 1.65. The number of oxazole rings is 1. The summed E-state index contributed by atoms with van der Waals surface area (Å²) in [6.07, 6.45) is 0. The number of carbonyl (C=O) groups excluding carboxylic acids is 1. The van der Waals surface area contributed by atoms with Crippen LogP contribution >= 0.6 is 34.8 Å². The van der Waals surface area contributed by atoms with Crippen molar-refractivity contribution in [2.75, 3.05) is 12.4 Å². The average molecular weight is 448 g/mol. The number of benzene rings is 3. The van der Waals surface area contributed by atoms with Crippen molar-refractivity contribution in [3.8, 4) is 17.2 Å². The van der Waals surface area contributed by atoms with Gasteiger partial charge in [-0.1, -0.05) is 40.9 Å². The molecule has 1 amide bonds. The third kappa shape index (κ3) is 4.03. The molecule has 0 bridgehead atoms. The molecule has 4 aromatic rings. The summed E-state index contributed by atoms with van der Waals surface area (Å²) >= 11 is 18.2. The first kappa shape index (κ1) is 19.6. The molecule has 29 heavy (non-hydrogen) atoms. The molecule has 0 saturated carbocycles. The number of nitrogens with one attached hydrogen (secondary N) is 1. The van der Waals surface area contributed by atoms with Crippen LogP contribution in [0.15, 0.2) is 59.0 Å². The van der Waals surface area contributed by atoms with E-state index in [0.717, 1.165) is 0 Å². The Morgan fingerprint density at radius 1 is 1.03 bits per heavy atom. The lowest BCUT2D eigenvalue weighted by Gasteiger charge is -2.10. The van der Waals surface area contributed by atoms with Gasteiger partial charge in [0, 0.05) is 21.3 Å². The molecule has 0 atom stereocenters. The third-order valence-electron chi connectivity index (χ3n) is 4.18. The lowest BCUT2D eigenvalue weighted by molar-refractivity contribution is 0.102. The number of anilines is 1. The van der Waals surface area contributed by atoms with Gasteiger partial charge in [0.1, 0.15) is 11.3 Å². The fraction of sp³-hybridized carbons (Fsp3) is 0.0476. The zero-order chi connectivity index (χ0) is 20.5. The summed E-state index contributed by atoms with van der Waals surface area (Å²) < 4.78 is 11.0. The summed E-state index contributed by atoms with van der Waals surface area (Å²) in [6.45, 7) is 0. The van der Waals surface area contributed by atoms with Crippen LogP contribution in [-0.4, -0.2) is 18.0 Å². The Hall–Kier alpha value is -2.73. The molecule has 1 heterocycles. The monoisotopic (exact) mass is 446 g/mol. The Morgan fingerprint density at radius 2 is 1.86 bits per heavy atom. The number of nitrogens with zero attached hydrogens (tertiary/aromatic N) is 1. The van der Waals surface area contributed by atoms with Gasteiger partial charge < -0.3 is 14.5 Å². The maximum Gasteiger partial charge on any atom is 0.259 e. The Labute approximate surface area is 181 Å². The molecular weight excluding hydrogens is 435 g/mol. The molecule has 1 aromatic heterocycles. The highest BCUT2D eigenvalue weighted by atomic mass is 35.5. The fourth-order valence-corrected chi connectivity index (χ4v) is 3.56. The van der Waals surface area contributed by atoms with E-state index in [4.69, 9.17) is 44.0 Å². The number of carbonyl (C=O) groups is 1. The fourth-order valence-electron chi connectivity index (χ4n) is 2.87. The molecule has 0 aliphatic heterocycles. The number of methoxy groups -OCH3 is 1. The van der Waals surface area contributed by atoms with E-state index >= 15 is 0 Å². The largest absolute Gasteiger partial charge is 0.496 e. The van der Waals surface area contributed by atoms with Crippen molar-refractivity contribution in [2.45, 2.75) is 0 Å². The van der Waals surface area contributed by atoms with Crippen molar-refractivity contribution in [3.63, 3.8) is 0 Å². The number of amides is 1. The molecule has 146 valence electrons. The van der Waals surface area contributed by atoms with E-state index in [2.05, 4.69) is 10.3 Å². The Morgan fingerprint density at radius 3 is 2.66 bits per heavy atom. The minimum absolute atomic E-state index is 0.327. The summed E-state index contributed by atoms with van der Waals surface area (Å²) in [5.74, 6) is 0.433. The number of fused-ring (bicyclic) bond motifs is 1. The van der Waals surface area contributed by atoms with E-state index in [9.17, 15) is 4.79 Å². The van der Waals surface area contributed by atoms with Gasteiger partial charge in [-0.05, 0) is 48.5 Å². The van der Waals surface area contributed by atoms with E-state index in [0.29, 0.717) is 54.6 Å². The van der Waals surface area contributed by atoms with Crippen molar-refractivity contribution in [2.24, 2.45) is 0 Å². The van der Waals surface area contributed by atoms with Crippen LogP contribution in [0.3, 0.4) is 0 Å². The summed E-state index contributed by atoms with van der Waals surface area (Å²) in [7, 11) is 1.49. The van der Waals surface area contributed by atoms with Gasteiger partial charge in [0.15, 0.2) is 5.58 Å². The van der Waals surface area contributed by atoms with Gasteiger partial charge in [-0.3, -0.25) is 4.79 Å². The third-order valence-corrected chi connectivity index (χ3v) is 4.92. The molecule has 0 saturated heterocycles. The van der Waals surface area contributed by atoms with Crippen LogP contribution < -0.4 is 10.1 Å². The highest BCUT2D eigenvalue weighted by Crippen LogP contribution is 2.32. The van der Waals surface area contributed by atoms with Gasteiger partial charge in [-0.15, -0.1) is 0 Å². The minimum Gasteiger partial charge on any atom is -0.496 e. The molecule has 1 N–H and O–H groups in total. The van der Waals surface area contributed by atoms with Crippen molar-refractivity contribution < 1.29 is 13.9 Å². The van der Waals surface area contributed by atoms with Gasteiger partial charge in [-0.25, -0.2) is 4.98 Å². The Kier molecular flexibility index (Phi) is 5.37. The predicted octanol–water partition coefficient (Wildman–Crippen LogP) is 6.72. The maximum atomic E-state index is 12.7. The number of halogens is 3. The van der Waals surface area contributed by atoms with Crippen LogP contribution in [0.2, 0.25) is 15.1 Å². The second kappa shape index (κ2) is 7.95. The van der Waals surface area contributed by atoms with Gasteiger partial charge >= 0.3 is 0 Å². The molecular formula is C21H13Cl3N2O3. The van der Waals surface area contributed by atoms with Crippen molar-refractivity contribution in [1.82, 2.24) is 4.98 Å². The van der Waals surface area contributed by atoms with Crippen LogP contribution in [0, 0.1) is 0 Å². The molecule has 0 aliphatic rings. The first-order chi connectivity index (χ1) is 13.9. The molecule has 0 fully saturated rings. The van der Waals surface area contributed by atoms with E-state index in [1.807, 2.05) is 6.07 Å². The van der Waals surface area contributed by atoms with Gasteiger partial charge in [0.2, 0.25) is 5.89 Å². The topological polar surface area (TPSA) is 64.4 Å². The zero-order valence-electron chi connectivity index (χ0n) is 15.0. The number of aromatic nitrogens is 1. The SMILES string of the molecule is COc1ccc(Cl)cc1C(=O)Nc1cccc(-c2nc3cc(Cl)cc(Cl)c3o2)c1. The number of hydrogen-bond donors (Lipinski definition) is 1. The summed E-state index contributed by atoms with van der Waals surface area (Å²) in [4.78, 5) is 17.1. The second-order valence-electron chi connectivity index (χ2n) is 6.13. The maximum absolute atomic E-state index is 12.7. The first-order valence-electron chi connectivity index (χ1n) is 8.45. The van der Waals surface area contributed by atoms with Crippen molar-refractivity contribution >= 4 is 57.5 Å². The lowest BCUT2D eigenvalue weighted by atomic mass is 10.1. The van der Waals surface area contributed by atoms with E-state index in [1.165, 1.54) is 7.11 Å². The van der Waals surface area contributed by atoms with Crippen LogP contribution in [0.5, 0.6) is 5.75 Å². The standard InChI is InChI=1S/C21H13Cl3N2O3/c1-28-18-6-5-12(22)8-15(18)20(27)25-14-4-2-3-11(7-14)21-26-17-10-13(23)9-16(24)19(17)29-21/h2-10H,1H3,(H,25,27). The molecule has 4 rings (SSSR count). The highest BCUT2D eigenvalue weighted by Gasteiger charge is 2.15. The molecule has 0 spiro atoms. The average Bonchev–Trinajstić information content (AvgIpc) is 3.12. The van der Waals surface area contributed by atoms with Crippen molar-refractivity contribution in [1.29, 1.82) is 0 Å². The molecule has 8 heteroatoms. The molecule has 3 aromatic carbocycles. The van der Waals surface area contributed by atoms with Crippen LogP contribution in [-0.2, 0) is 0 Å². The molecule has 0 unspecified atom stereocenters. The quantitative estimate of drug-likeness (QED) is 0.377. The summed E-state index contributed by atoms with van der Waals surface area (Å²) in [6, 6.07) is 15.2. The zero-order valence-corrected chi connectivity index (χ0v) is 17.3. The van der Waals surface area contributed by atoms with Gasteiger partial charge in [-0.2, -0.15) is 0 Å². The van der Waals surface area contributed by atoms with E-state index in [-0.39, 0.29) is 5.91 Å². The smallest absolute Gasteiger partial charge is 0.259 e. The minimum atomic E-state index is -0.353. The number of rotatable bonds is 4. The van der Waals surface area contributed by atoms with E-state index < -0.39 is 0 Å². The highest BCUT2D eigenvalue weighted by molar-refractivity contribution is 6.38. The molecule has 0 radical (unpaired) electrons. The molecule has 5 nitrogen and oxygen atoms in total. The normalized spacial score (nSPS) is 10.9. The van der Waals surface area contributed by atoms with Crippen LogP contribution in [0.4, 0.5) is 5.69 Å². The van der Waals surface area contributed by atoms with Gasteiger partial charge in [0.25, 0.3) is 5.91 Å². The Bertz CT molecular complexity index is 1240. The number of ether oxygens (including phenoxy) is 1. The van der Waals surface area contributed by atoms with E-state index in [1.54, 1.807) is 48.5 Å². The summed E-state index contributed by atoms with van der Waals surface area (Å²) in [5.41, 5.74) is 2.55. The number of hydrogen-bond acceptors (Lipinski definition) is 4.